The topological polar surface area (TPSA) is 71.1 Å². The SMILES string of the molecule is CC(C)(C)OC(=O)N(c1n[nH]c(-c2cccc(Br)c2)n1)C1CCCC1. The van der Waals surface area contributed by atoms with Crippen LogP contribution in [0.3, 0.4) is 0 Å². The van der Waals surface area contributed by atoms with Gasteiger partial charge in [0.25, 0.3) is 5.95 Å². The second-order valence-corrected chi connectivity index (χ2v) is 8.20. The molecule has 1 aliphatic carbocycles. The lowest BCUT2D eigenvalue weighted by Gasteiger charge is -2.29. The van der Waals surface area contributed by atoms with Gasteiger partial charge in [0.1, 0.15) is 5.60 Å². The molecule has 1 aromatic heterocycles. The van der Waals surface area contributed by atoms with Gasteiger partial charge in [-0.2, -0.15) is 4.98 Å². The Balaban J connectivity index is 1.90. The van der Waals surface area contributed by atoms with Crippen LogP contribution in [0.2, 0.25) is 0 Å². The van der Waals surface area contributed by atoms with Gasteiger partial charge in [0.15, 0.2) is 5.82 Å². The molecule has 1 amide bonds. The van der Waals surface area contributed by atoms with E-state index in [2.05, 4.69) is 31.1 Å². The van der Waals surface area contributed by atoms with E-state index >= 15 is 0 Å². The van der Waals surface area contributed by atoms with Gasteiger partial charge in [-0.05, 0) is 45.7 Å². The minimum Gasteiger partial charge on any atom is -0.443 e. The quantitative estimate of drug-likeness (QED) is 0.784. The summed E-state index contributed by atoms with van der Waals surface area (Å²) in [7, 11) is 0. The summed E-state index contributed by atoms with van der Waals surface area (Å²) in [5, 5.41) is 7.23. The molecule has 0 aliphatic heterocycles. The number of nitrogens with zero attached hydrogens (tertiary/aromatic N) is 3. The highest BCUT2D eigenvalue weighted by Gasteiger charge is 2.34. The second-order valence-electron chi connectivity index (χ2n) is 7.28. The summed E-state index contributed by atoms with van der Waals surface area (Å²) in [6, 6.07) is 7.87. The zero-order chi connectivity index (χ0) is 18.0. The summed E-state index contributed by atoms with van der Waals surface area (Å²) in [4.78, 5) is 18.9. The summed E-state index contributed by atoms with van der Waals surface area (Å²) in [6.45, 7) is 5.59. The number of aromatic nitrogens is 3. The normalized spacial score (nSPS) is 15.4. The van der Waals surface area contributed by atoms with Crippen molar-refractivity contribution >= 4 is 28.0 Å². The number of rotatable bonds is 3. The maximum absolute atomic E-state index is 12.7. The van der Waals surface area contributed by atoms with Crippen LogP contribution in [0.15, 0.2) is 28.7 Å². The molecule has 1 N–H and O–H groups in total. The molecule has 3 rings (SSSR count). The van der Waals surface area contributed by atoms with Crippen molar-refractivity contribution in [2.75, 3.05) is 4.90 Å². The van der Waals surface area contributed by atoms with Crippen LogP contribution in [0.5, 0.6) is 0 Å². The minimum atomic E-state index is -0.558. The first kappa shape index (κ1) is 17.9. The van der Waals surface area contributed by atoms with Crippen LogP contribution >= 0.6 is 15.9 Å². The number of carbonyl (C=O) groups is 1. The van der Waals surface area contributed by atoms with Gasteiger partial charge in [-0.3, -0.25) is 5.10 Å². The lowest BCUT2D eigenvalue weighted by molar-refractivity contribution is 0.0563. The van der Waals surface area contributed by atoms with Crippen molar-refractivity contribution in [2.24, 2.45) is 0 Å². The number of anilines is 1. The molecule has 1 aliphatic rings. The van der Waals surface area contributed by atoms with E-state index in [0.29, 0.717) is 11.8 Å². The van der Waals surface area contributed by atoms with Gasteiger partial charge >= 0.3 is 6.09 Å². The lowest BCUT2D eigenvalue weighted by atomic mass is 10.2. The monoisotopic (exact) mass is 406 g/mol. The molecule has 0 unspecified atom stereocenters. The van der Waals surface area contributed by atoms with E-state index in [1.165, 1.54) is 0 Å². The molecular weight excluding hydrogens is 384 g/mol. The first-order chi connectivity index (χ1) is 11.8. The minimum absolute atomic E-state index is 0.0843. The number of amides is 1. The molecule has 1 saturated carbocycles. The molecule has 2 aromatic rings. The van der Waals surface area contributed by atoms with Gasteiger partial charge in [-0.15, -0.1) is 5.10 Å². The second kappa shape index (κ2) is 7.15. The van der Waals surface area contributed by atoms with E-state index in [9.17, 15) is 4.79 Å². The van der Waals surface area contributed by atoms with Gasteiger partial charge in [-0.1, -0.05) is 40.9 Å². The molecule has 25 heavy (non-hydrogen) atoms. The van der Waals surface area contributed by atoms with E-state index in [1.807, 2.05) is 45.0 Å². The number of aromatic amines is 1. The molecule has 0 saturated heterocycles. The third-order valence-corrected chi connectivity index (χ3v) is 4.56. The number of carbonyl (C=O) groups excluding carboxylic acids is 1. The number of halogens is 1. The fourth-order valence-electron chi connectivity index (χ4n) is 2.99. The fourth-order valence-corrected chi connectivity index (χ4v) is 3.39. The molecule has 0 bridgehead atoms. The molecular formula is C18H23BrN4O2. The number of hydrogen-bond donors (Lipinski definition) is 1. The Hall–Kier alpha value is -1.89. The standard InChI is InChI=1S/C18H23BrN4O2/c1-18(2,3)25-17(24)23(14-9-4-5-10-14)16-20-15(21-22-16)12-7-6-8-13(19)11-12/h6-8,11,14H,4-5,9-10H2,1-3H3,(H,20,21,22). The Morgan fingerprint density at radius 2 is 2.04 bits per heavy atom. The highest BCUT2D eigenvalue weighted by Crippen LogP contribution is 2.29. The molecule has 1 heterocycles. The number of nitrogens with one attached hydrogen (secondary N) is 1. The lowest BCUT2D eigenvalue weighted by Crippen LogP contribution is -2.43. The summed E-state index contributed by atoms with van der Waals surface area (Å²) in [6.07, 6.45) is 3.71. The highest BCUT2D eigenvalue weighted by molar-refractivity contribution is 9.10. The Bertz CT molecular complexity index is 748. The van der Waals surface area contributed by atoms with Crippen LogP contribution in [-0.2, 0) is 4.74 Å². The predicted octanol–water partition coefficient (Wildman–Crippen LogP) is 4.92. The fraction of sp³-hybridized carbons (Fsp3) is 0.500. The van der Waals surface area contributed by atoms with Crippen molar-refractivity contribution in [1.82, 2.24) is 15.2 Å². The van der Waals surface area contributed by atoms with Crippen LogP contribution in [0.4, 0.5) is 10.7 Å². The zero-order valence-electron chi connectivity index (χ0n) is 14.8. The zero-order valence-corrected chi connectivity index (χ0v) is 16.3. The van der Waals surface area contributed by atoms with Crippen LogP contribution in [0.1, 0.15) is 46.5 Å². The Morgan fingerprint density at radius 1 is 1.32 bits per heavy atom. The van der Waals surface area contributed by atoms with E-state index in [0.717, 1.165) is 35.7 Å². The van der Waals surface area contributed by atoms with Crippen molar-refractivity contribution in [3.05, 3.63) is 28.7 Å². The van der Waals surface area contributed by atoms with Crippen molar-refractivity contribution < 1.29 is 9.53 Å². The average Bonchev–Trinajstić information content (AvgIpc) is 3.18. The summed E-state index contributed by atoms with van der Waals surface area (Å²) < 4.78 is 6.55. The van der Waals surface area contributed by atoms with E-state index in [1.54, 1.807) is 4.90 Å². The maximum atomic E-state index is 12.7. The maximum Gasteiger partial charge on any atom is 0.417 e. The molecule has 0 atom stereocenters. The third-order valence-electron chi connectivity index (χ3n) is 4.07. The van der Waals surface area contributed by atoms with Gasteiger partial charge in [0.05, 0.1) is 0 Å². The van der Waals surface area contributed by atoms with Crippen molar-refractivity contribution in [2.45, 2.75) is 58.1 Å². The predicted molar refractivity (Wildman–Crippen MR) is 100 cm³/mol. The highest BCUT2D eigenvalue weighted by atomic mass is 79.9. The smallest absolute Gasteiger partial charge is 0.417 e. The van der Waals surface area contributed by atoms with E-state index < -0.39 is 5.60 Å². The molecule has 7 heteroatoms. The molecule has 1 fully saturated rings. The van der Waals surface area contributed by atoms with Gasteiger partial charge < -0.3 is 4.74 Å². The average molecular weight is 407 g/mol. The van der Waals surface area contributed by atoms with Crippen LogP contribution in [-0.4, -0.2) is 32.9 Å². The number of ether oxygens (including phenoxy) is 1. The van der Waals surface area contributed by atoms with E-state index in [4.69, 9.17) is 4.74 Å². The van der Waals surface area contributed by atoms with Crippen molar-refractivity contribution in [3.8, 4) is 11.4 Å². The van der Waals surface area contributed by atoms with Gasteiger partial charge in [-0.25, -0.2) is 9.69 Å². The first-order valence-corrected chi connectivity index (χ1v) is 9.33. The number of benzene rings is 1. The van der Waals surface area contributed by atoms with Crippen LogP contribution in [0, 0.1) is 0 Å². The van der Waals surface area contributed by atoms with Crippen LogP contribution in [0.25, 0.3) is 11.4 Å². The molecule has 6 nitrogen and oxygen atoms in total. The molecule has 1 aromatic carbocycles. The van der Waals surface area contributed by atoms with Crippen molar-refractivity contribution in [3.63, 3.8) is 0 Å². The largest absolute Gasteiger partial charge is 0.443 e. The molecule has 0 spiro atoms. The molecule has 0 radical (unpaired) electrons. The van der Waals surface area contributed by atoms with Gasteiger partial charge in [0, 0.05) is 16.1 Å². The number of hydrogen-bond acceptors (Lipinski definition) is 4. The molecule has 134 valence electrons. The van der Waals surface area contributed by atoms with Crippen molar-refractivity contribution in [1.29, 1.82) is 0 Å². The Morgan fingerprint density at radius 3 is 2.68 bits per heavy atom. The van der Waals surface area contributed by atoms with Crippen LogP contribution < -0.4 is 4.90 Å². The Labute approximate surface area is 156 Å². The van der Waals surface area contributed by atoms with Gasteiger partial charge in [0.2, 0.25) is 0 Å². The Kier molecular flexibility index (Phi) is 5.13. The van der Waals surface area contributed by atoms with E-state index in [-0.39, 0.29) is 12.1 Å². The summed E-state index contributed by atoms with van der Waals surface area (Å²) in [5.41, 5.74) is 0.348. The number of H-pyrrole nitrogens is 1. The third kappa shape index (κ3) is 4.39. The first-order valence-electron chi connectivity index (χ1n) is 8.54. The summed E-state index contributed by atoms with van der Waals surface area (Å²) >= 11 is 3.46. The summed E-state index contributed by atoms with van der Waals surface area (Å²) in [5.74, 6) is 0.999.